The molecular weight excluding hydrogens is 296 g/mol. The van der Waals surface area contributed by atoms with E-state index in [1.165, 1.54) is 11.3 Å². The number of carbonyl (C=O) groups is 2. The van der Waals surface area contributed by atoms with Crippen LogP contribution in [0.1, 0.15) is 25.6 Å². The van der Waals surface area contributed by atoms with Crippen LogP contribution in [0.3, 0.4) is 0 Å². The van der Waals surface area contributed by atoms with Gasteiger partial charge in [0.25, 0.3) is 11.8 Å². The molecule has 1 fully saturated rings. The maximum Gasteiger partial charge on any atom is 0.264 e. The Labute approximate surface area is 134 Å². The normalized spacial score (nSPS) is 15.0. The molecule has 3 rings (SSSR count). The molecule has 0 radical (unpaired) electrons. The van der Waals surface area contributed by atoms with Crippen molar-refractivity contribution in [3.63, 3.8) is 0 Å². The minimum atomic E-state index is 0.0417. The number of rotatable bonds is 2. The second-order valence-electron chi connectivity index (χ2n) is 5.38. The van der Waals surface area contributed by atoms with Gasteiger partial charge in [-0.25, -0.2) is 0 Å². The predicted molar refractivity (Wildman–Crippen MR) is 87.3 cm³/mol. The van der Waals surface area contributed by atoms with Crippen molar-refractivity contribution in [1.29, 1.82) is 0 Å². The van der Waals surface area contributed by atoms with E-state index < -0.39 is 0 Å². The van der Waals surface area contributed by atoms with Crippen LogP contribution in [0.25, 0.3) is 0 Å². The SMILES string of the molecule is Cc1ccsc1C(=O)N1CCN(C(=O)c2ccccc2)CC1. The van der Waals surface area contributed by atoms with Crippen LogP contribution in [0.2, 0.25) is 0 Å². The number of piperazine rings is 1. The van der Waals surface area contributed by atoms with Gasteiger partial charge in [0.1, 0.15) is 0 Å². The molecule has 1 aliphatic heterocycles. The number of nitrogens with zero attached hydrogens (tertiary/aromatic N) is 2. The maximum atomic E-state index is 12.5. The fourth-order valence-corrected chi connectivity index (χ4v) is 3.50. The number of carbonyl (C=O) groups excluding carboxylic acids is 2. The molecule has 2 heterocycles. The van der Waals surface area contributed by atoms with Gasteiger partial charge in [-0.3, -0.25) is 9.59 Å². The van der Waals surface area contributed by atoms with Crippen LogP contribution in [-0.2, 0) is 0 Å². The van der Waals surface area contributed by atoms with Gasteiger partial charge in [0.15, 0.2) is 0 Å². The van der Waals surface area contributed by atoms with E-state index >= 15 is 0 Å². The molecule has 0 spiro atoms. The molecule has 0 N–H and O–H groups in total. The van der Waals surface area contributed by atoms with Gasteiger partial charge < -0.3 is 9.80 Å². The van der Waals surface area contributed by atoms with Crippen molar-refractivity contribution in [1.82, 2.24) is 9.80 Å². The van der Waals surface area contributed by atoms with E-state index in [1.54, 1.807) is 0 Å². The first-order valence-corrected chi connectivity index (χ1v) is 8.22. The zero-order valence-electron chi connectivity index (χ0n) is 12.5. The molecule has 0 unspecified atom stereocenters. The van der Waals surface area contributed by atoms with E-state index in [-0.39, 0.29) is 11.8 Å². The van der Waals surface area contributed by atoms with Gasteiger partial charge in [-0.1, -0.05) is 18.2 Å². The third-order valence-corrected chi connectivity index (χ3v) is 4.94. The minimum absolute atomic E-state index is 0.0417. The molecule has 5 heteroatoms. The molecule has 1 aromatic carbocycles. The molecule has 1 aliphatic rings. The summed E-state index contributed by atoms with van der Waals surface area (Å²) in [6.45, 7) is 4.32. The van der Waals surface area contributed by atoms with Crippen molar-refractivity contribution in [3.8, 4) is 0 Å². The molecule has 4 nitrogen and oxygen atoms in total. The van der Waals surface area contributed by atoms with Gasteiger partial charge in [0.05, 0.1) is 4.88 Å². The maximum absolute atomic E-state index is 12.5. The summed E-state index contributed by atoms with van der Waals surface area (Å²) in [6.07, 6.45) is 0. The average molecular weight is 314 g/mol. The third kappa shape index (κ3) is 2.90. The first-order chi connectivity index (χ1) is 10.7. The van der Waals surface area contributed by atoms with Crippen molar-refractivity contribution in [2.75, 3.05) is 26.2 Å². The van der Waals surface area contributed by atoms with Crippen molar-refractivity contribution < 1.29 is 9.59 Å². The fraction of sp³-hybridized carbons (Fsp3) is 0.294. The molecule has 22 heavy (non-hydrogen) atoms. The molecule has 1 saturated heterocycles. The Bertz CT molecular complexity index is 673. The summed E-state index contributed by atoms with van der Waals surface area (Å²) in [5, 5.41) is 1.94. The lowest BCUT2D eigenvalue weighted by Crippen LogP contribution is -2.50. The van der Waals surface area contributed by atoms with E-state index in [0.29, 0.717) is 31.7 Å². The van der Waals surface area contributed by atoms with Gasteiger partial charge in [-0.15, -0.1) is 11.3 Å². The van der Waals surface area contributed by atoms with Crippen LogP contribution in [-0.4, -0.2) is 47.8 Å². The number of thiophene rings is 1. The van der Waals surface area contributed by atoms with Crippen molar-refractivity contribution in [3.05, 3.63) is 57.8 Å². The van der Waals surface area contributed by atoms with Crippen LogP contribution < -0.4 is 0 Å². The number of hydrogen-bond donors (Lipinski definition) is 0. The topological polar surface area (TPSA) is 40.6 Å². The zero-order valence-corrected chi connectivity index (χ0v) is 13.3. The van der Waals surface area contributed by atoms with E-state index in [0.717, 1.165) is 10.4 Å². The van der Waals surface area contributed by atoms with Gasteiger partial charge in [0.2, 0.25) is 0 Å². The Morgan fingerprint density at radius 2 is 1.50 bits per heavy atom. The van der Waals surface area contributed by atoms with Crippen LogP contribution in [0, 0.1) is 6.92 Å². The molecule has 0 aliphatic carbocycles. The van der Waals surface area contributed by atoms with Crippen molar-refractivity contribution >= 4 is 23.2 Å². The number of benzene rings is 1. The van der Waals surface area contributed by atoms with Crippen LogP contribution >= 0.6 is 11.3 Å². The van der Waals surface area contributed by atoms with Gasteiger partial charge in [-0.05, 0) is 36.1 Å². The van der Waals surface area contributed by atoms with E-state index in [1.807, 2.05) is 58.5 Å². The summed E-state index contributed by atoms with van der Waals surface area (Å²) in [5.41, 5.74) is 1.73. The van der Waals surface area contributed by atoms with Gasteiger partial charge >= 0.3 is 0 Å². The lowest BCUT2D eigenvalue weighted by Gasteiger charge is -2.34. The Kier molecular flexibility index (Phi) is 4.24. The standard InChI is InChI=1S/C17H18N2O2S/c1-13-7-12-22-15(13)17(21)19-10-8-18(9-11-19)16(20)14-5-3-2-4-6-14/h2-7,12H,8-11H2,1H3. The Morgan fingerprint density at radius 1 is 0.909 bits per heavy atom. The first-order valence-electron chi connectivity index (χ1n) is 7.34. The summed E-state index contributed by atoms with van der Waals surface area (Å²) < 4.78 is 0. The third-order valence-electron chi connectivity index (χ3n) is 3.93. The molecule has 0 bridgehead atoms. The highest BCUT2D eigenvalue weighted by Gasteiger charge is 2.26. The molecule has 0 atom stereocenters. The van der Waals surface area contributed by atoms with Crippen molar-refractivity contribution in [2.45, 2.75) is 6.92 Å². The average Bonchev–Trinajstić information content (AvgIpc) is 3.00. The summed E-state index contributed by atoms with van der Waals surface area (Å²) in [6, 6.07) is 11.3. The van der Waals surface area contributed by atoms with Crippen LogP contribution in [0.5, 0.6) is 0 Å². The second-order valence-corrected chi connectivity index (χ2v) is 6.30. The van der Waals surface area contributed by atoms with Gasteiger partial charge in [0, 0.05) is 31.7 Å². The molecule has 0 saturated carbocycles. The highest BCUT2D eigenvalue weighted by atomic mass is 32.1. The summed E-state index contributed by atoms with van der Waals surface area (Å²) in [5.74, 6) is 0.124. The Balaban J connectivity index is 1.62. The lowest BCUT2D eigenvalue weighted by molar-refractivity contribution is 0.0537. The Hall–Kier alpha value is -2.14. The lowest BCUT2D eigenvalue weighted by atomic mass is 10.2. The minimum Gasteiger partial charge on any atom is -0.335 e. The monoisotopic (exact) mass is 314 g/mol. The number of hydrogen-bond acceptors (Lipinski definition) is 3. The number of aryl methyl sites for hydroxylation is 1. The van der Waals surface area contributed by atoms with E-state index in [2.05, 4.69) is 0 Å². The van der Waals surface area contributed by atoms with Crippen molar-refractivity contribution in [2.24, 2.45) is 0 Å². The second kappa shape index (κ2) is 6.32. The summed E-state index contributed by atoms with van der Waals surface area (Å²) in [4.78, 5) is 29.3. The predicted octanol–water partition coefficient (Wildman–Crippen LogP) is 2.65. The quantitative estimate of drug-likeness (QED) is 0.855. The molecule has 2 aromatic rings. The largest absolute Gasteiger partial charge is 0.335 e. The molecule has 2 amide bonds. The molecule has 1 aromatic heterocycles. The zero-order chi connectivity index (χ0) is 15.5. The van der Waals surface area contributed by atoms with Crippen LogP contribution in [0.15, 0.2) is 41.8 Å². The summed E-state index contributed by atoms with van der Waals surface area (Å²) in [7, 11) is 0. The number of amides is 2. The van der Waals surface area contributed by atoms with Gasteiger partial charge in [-0.2, -0.15) is 0 Å². The highest BCUT2D eigenvalue weighted by Crippen LogP contribution is 2.19. The van der Waals surface area contributed by atoms with E-state index in [9.17, 15) is 9.59 Å². The fourth-order valence-electron chi connectivity index (χ4n) is 2.61. The summed E-state index contributed by atoms with van der Waals surface area (Å²) >= 11 is 1.48. The van der Waals surface area contributed by atoms with E-state index in [4.69, 9.17) is 0 Å². The first kappa shape index (κ1) is 14.8. The Morgan fingerprint density at radius 3 is 2.05 bits per heavy atom. The molecule has 114 valence electrons. The smallest absolute Gasteiger partial charge is 0.264 e. The highest BCUT2D eigenvalue weighted by molar-refractivity contribution is 7.12. The van der Waals surface area contributed by atoms with Crippen LogP contribution in [0.4, 0.5) is 0 Å². The molecular formula is C17H18N2O2S.